The first kappa shape index (κ1) is 27.9. The van der Waals surface area contributed by atoms with Crippen LogP contribution in [0.4, 0.5) is 0 Å². The molecule has 0 aliphatic carbocycles. The van der Waals surface area contributed by atoms with E-state index in [0.29, 0.717) is 6.04 Å². The van der Waals surface area contributed by atoms with Crippen molar-refractivity contribution in [2.75, 3.05) is 67.1 Å². The fraction of sp³-hybridized carbons (Fsp3) is 0.696. The molecule has 0 saturated carbocycles. The van der Waals surface area contributed by atoms with Crippen molar-refractivity contribution in [3.8, 4) is 5.75 Å². The first-order valence-electron chi connectivity index (χ1n) is 11.2. The number of rotatable bonds is 11. The fourth-order valence-corrected chi connectivity index (χ4v) is 3.54. The first-order valence-corrected chi connectivity index (χ1v) is 11.2. The molecule has 31 heavy (non-hydrogen) atoms. The van der Waals surface area contributed by atoms with E-state index in [4.69, 9.17) is 9.47 Å². The van der Waals surface area contributed by atoms with Crippen LogP contribution in [0.1, 0.15) is 38.3 Å². The standard InChI is InChI=1S/C23H41N5O2.HI/c1-19(2)27(4)13-7-6-12-25-23(24-3)26-18-22(28-14-16-30-17-15-28)20-8-10-21(29-5)11-9-20;/h8-11,19,22H,6-7,12-18H2,1-5H3,(H2,24,25,26);1H. The van der Waals surface area contributed by atoms with Crippen LogP contribution < -0.4 is 15.4 Å². The van der Waals surface area contributed by atoms with Crippen molar-refractivity contribution in [2.45, 2.75) is 38.8 Å². The molecule has 1 atom stereocenters. The van der Waals surface area contributed by atoms with E-state index in [0.717, 1.165) is 64.1 Å². The highest BCUT2D eigenvalue weighted by Gasteiger charge is 2.23. The Morgan fingerprint density at radius 3 is 2.42 bits per heavy atom. The summed E-state index contributed by atoms with van der Waals surface area (Å²) in [6.07, 6.45) is 2.31. The van der Waals surface area contributed by atoms with Crippen molar-refractivity contribution in [3.05, 3.63) is 29.8 Å². The second-order valence-corrected chi connectivity index (χ2v) is 8.10. The summed E-state index contributed by atoms with van der Waals surface area (Å²) in [6.45, 7) is 10.8. The molecule has 1 aliphatic heterocycles. The van der Waals surface area contributed by atoms with Crippen molar-refractivity contribution < 1.29 is 9.47 Å². The molecule has 7 nitrogen and oxygen atoms in total. The number of unbranched alkanes of at least 4 members (excludes halogenated alkanes) is 1. The summed E-state index contributed by atoms with van der Waals surface area (Å²) in [4.78, 5) is 9.27. The molecule has 0 aromatic heterocycles. The molecule has 1 aromatic carbocycles. The number of aliphatic imine (C=N–C) groups is 1. The number of nitrogens with one attached hydrogen (secondary N) is 2. The summed E-state index contributed by atoms with van der Waals surface area (Å²) >= 11 is 0. The molecule has 0 spiro atoms. The lowest BCUT2D eigenvalue weighted by molar-refractivity contribution is 0.0170. The van der Waals surface area contributed by atoms with Gasteiger partial charge in [0.25, 0.3) is 0 Å². The third-order valence-electron chi connectivity index (χ3n) is 5.79. The number of halogens is 1. The van der Waals surface area contributed by atoms with Gasteiger partial charge in [-0.05, 0) is 58.0 Å². The van der Waals surface area contributed by atoms with Crippen molar-refractivity contribution >= 4 is 29.9 Å². The van der Waals surface area contributed by atoms with Crippen LogP contribution in [0.5, 0.6) is 5.75 Å². The second kappa shape index (κ2) is 15.7. The molecule has 0 bridgehead atoms. The van der Waals surface area contributed by atoms with Crippen LogP contribution >= 0.6 is 24.0 Å². The Morgan fingerprint density at radius 1 is 1.16 bits per heavy atom. The van der Waals surface area contributed by atoms with E-state index in [1.807, 2.05) is 19.2 Å². The molecule has 1 aliphatic rings. The van der Waals surface area contributed by atoms with E-state index in [9.17, 15) is 0 Å². The van der Waals surface area contributed by atoms with Gasteiger partial charge >= 0.3 is 0 Å². The van der Waals surface area contributed by atoms with Crippen LogP contribution in [-0.2, 0) is 4.74 Å². The Bertz CT molecular complexity index is 621. The normalized spacial score (nSPS) is 16.2. The smallest absolute Gasteiger partial charge is 0.191 e. The van der Waals surface area contributed by atoms with Crippen LogP contribution in [-0.4, -0.2) is 88.9 Å². The number of guanidine groups is 1. The van der Waals surface area contributed by atoms with Crippen molar-refractivity contribution in [3.63, 3.8) is 0 Å². The molecule has 0 amide bonds. The zero-order chi connectivity index (χ0) is 21.8. The average Bonchev–Trinajstić information content (AvgIpc) is 2.78. The maximum atomic E-state index is 5.55. The summed E-state index contributed by atoms with van der Waals surface area (Å²) in [6, 6.07) is 9.23. The maximum absolute atomic E-state index is 5.55. The Hall–Kier alpha value is -1.10. The summed E-state index contributed by atoms with van der Waals surface area (Å²) in [5.74, 6) is 1.74. The van der Waals surface area contributed by atoms with E-state index < -0.39 is 0 Å². The van der Waals surface area contributed by atoms with Gasteiger partial charge in [0.2, 0.25) is 0 Å². The summed E-state index contributed by atoms with van der Waals surface area (Å²) < 4.78 is 10.9. The predicted molar refractivity (Wildman–Crippen MR) is 140 cm³/mol. The minimum absolute atomic E-state index is 0. The van der Waals surface area contributed by atoms with Crippen molar-refractivity contribution in [1.82, 2.24) is 20.4 Å². The van der Waals surface area contributed by atoms with E-state index in [1.54, 1.807) is 7.11 Å². The Morgan fingerprint density at radius 2 is 1.84 bits per heavy atom. The maximum Gasteiger partial charge on any atom is 0.191 e. The van der Waals surface area contributed by atoms with Crippen LogP contribution in [0.25, 0.3) is 0 Å². The molecule has 1 heterocycles. The van der Waals surface area contributed by atoms with Gasteiger partial charge in [0.05, 0.1) is 26.4 Å². The molecule has 1 aromatic rings. The first-order chi connectivity index (χ1) is 14.5. The van der Waals surface area contributed by atoms with Gasteiger partial charge in [-0.25, -0.2) is 0 Å². The minimum atomic E-state index is 0. The van der Waals surface area contributed by atoms with Crippen LogP contribution in [0.2, 0.25) is 0 Å². The van der Waals surface area contributed by atoms with Gasteiger partial charge in [-0.15, -0.1) is 24.0 Å². The quantitative estimate of drug-likeness (QED) is 0.192. The molecule has 1 saturated heterocycles. The van der Waals surface area contributed by atoms with Crippen LogP contribution in [0, 0.1) is 0 Å². The largest absolute Gasteiger partial charge is 0.497 e. The molecule has 1 fully saturated rings. The minimum Gasteiger partial charge on any atom is -0.497 e. The lowest BCUT2D eigenvalue weighted by atomic mass is 10.0. The summed E-state index contributed by atoms with van der Waals surface area (Å²) in [5, 5.41) is 6.98. The van der Waals surface area contributed by atoms with Crippen LogP contribution in [0.15, 0.2) is 29.3 Å². The highest BCUT2D eigenvalue weighted by molar-refractivity contribution is 14.0. The SMILES string of the molecule is CN=C(NCCCCN(C)C(C)C)NCC(c1ccc(OC)cc1)N1CCOCC1.I. The average molecular weight is 548 g/mol. The third kappa shape index (κ3) is 9.93. The Labute approximate surface area is 206 Å². The van der Waals surface area contributed by atoms with Gasteiger partial charge in [0, 0.05) is 39.3 Å². The topological polar surface area (TPSA) is 61.4 Å². The lowest BCUT2D eigenvalue weighted by Gasteiger charge is -2.35. The molecule has 2 rings (SSSR count). The molecular formula is C23H42IN5O2. The lowest BCUT2D eigenvalue weighted by Crippen LogP contribution is -2.46. The summed E-state index contributed by atoms with van der Waals surface area (Å²) in [5.41, 5.74) is 1.28. The van der Waals surface area contributed by atoms with E-state index in [-0.39, 0.29) is 30.0 Å². The van der Waals surface area contributed by atoms with Gasteiger partial charge in [0.15, 0.2) is 5.96 Å². The number of methoxy groups -OCH3 is 1. The molecular weight excluding hydrogens is 505 g/mol. The van der Waals surface area contributed by atoms with E-state index >= 15 is 0 Å². The Kier molecular flexibility index (Phi) is 14.1. The number of nitrogens with zero attached hydrogens (tertiary/aromatic N) is 3. The molecule has 2 N–H and O–H groups in total. The van der Waals surface area contributed by atoms with Gasteiger partial charge in [-0.3, -0.25) is 9.89 Å². The second-order valence-electron chi connectivity index (χ2n) is 8.10. The third-order valence-corrected chi connectivity index (χ3v) is 5.79. The predicted octanol–water partition coefficient (Wildman–Crippen LogP) is 2.97. The number of hydrogen-bond acceptors (Lipinski definition) is 5. The number of ether oxygens (including phenoxy) is 2. The Balaban J connectivity index is 0.00000480. The number of hydrogen-bond donors (Lipinski definition) is 2. The fourth-order valence-electron chi connectivity index (χ4n) is 3.54. The molecule has 0 radical (unpaired) electrons. The van der Waals surface area contributed by atoms with Crippen LogP contribution in [0.3, 0.4) is 0 Å². The highest BCUT2D eigenvalue weighted by Crippen LogP contribution is 2.23. The zero-order valence-corrected chi connectivity index (χ0v) is 22.2. The molecule has 1 unspecified atom stereocenters. The molecule has 8 heteroatoms. The van der Waals surface area contributed by atoms with Gasteiger partial charge in [-0.2, -0.15) is 0 Å². The van der Waals surface area contributed by atoms with E-state index in [2.05, 4.69) is 58.5 Å². The number of morpholine rings is 1. The van der Waals surface area contributed by atoms with Gasteiger partial charge < -0.3 is 25.0 Å². The van der Waals surface area contributed by atoms with Crippen molar-refractivity contribution in [2.24, 2.45) is 4.99 Å². The van der Waals surface area contributed by atoms with E-state index in [1.165, 1.54) is 12.0 Å². The monoisotopic (exact) mass is 547 g/mol. The number of benzene rings is 1. The van der Waals surface area contributed by atoms with Gasteiger partial charge in [-0.1, -0.05) is 12.1 Å². The highest BCUT2D eigenvalue weighted by atomic mass is 127. The zero-order valence-electron chi connectivity index (χ0n) is 19.9. The van der Waals surface area contributed by atoms with Gasteiger partial charge in [0.1, 0.15) is 5.75 Å². The molecule has 178 valence electrons. The summed E-state index contributed by atoms with van der Waals surface area (Å²) in [7, 11) is 5.72. The van der Waals surface area contributed by atoms with Crippen molar-refractivity contribution in [1.29, 1.82) is 0 Å².